The Kier molecular flexibility index (Phi) is 6.64. The van der Waals surface area contributed by atoms with Crippen LogP contribution in [0.15, 0.2) is 16.5 Å². The van der Waals surface area contributed by atoms with Gasteiger partial charge in [-0.2, -0.15) is 0 Å². The molecule has 4 nitrogen and oxygen atoms in total. The molecule has 0 spiro atoms. The Morgan fingerprint density at radius 1 is 1.37 bits per heavy atom. The molecule has 1 N–H and O–H groups in total. The highest BCUT2D eigenvalue weighted by atomic mass is 16.5. The lowest BCUT2D eigenvalue weighted by molar-refractivity contribution is 0.0561. The van der Waals surface area contributed by atoms with Crippen LogP contribution in [0.3, 0.4) is 0 Å². The predicted molar refractivity (Wildman–Crippen MR) is 75.2 cm³/mol. The van der Waals surface area contributed by atoms with E-state index < -0.39 is 5.97 Å². The topological polar surface area (TPSA) is 51.5 Å². The van der Waals surface area contributed by atoms with Gasteiger partial charge in [-0.1, -0.05) is 27.2 Å². The van der Waals surface area contributed by atoms with Crippen LogP contribution in [-0.2, 0) is 4.74 Å². The third-order valence-corrected chi connectivity index (χ3v) is 3.25. The van der Waals surface area contributed by atoms with Crippen LogP contribution in [0.1, 0.15) is 62.4 Å². The first kappa shape index (κ1) is 15.8. The van der Waals surface area contributed by atoms with Gasteiger partial charge in [0.1, 0.15) is 5.76 Å². The molecule has 1 heterocycles. The minimum Gasteiger partial charge on any atom is -0.463 e. The zero-order valence-electron chi connectivity index (χ0n) is 12.4. The lowest BCUT2D eigenvalue weighted by Crippen LogP contribution is -2.27. The number of hydrogen-bond donors (Lipinski definition) is 1. The van der Waals surface area contributed by atoms with E-state index in [1.165, 1.54) is 7.11 Å². The smallest absolute Gasteiger partial charge is 0.373 e. The zero-order chi connectivity index (χ0) is 14.3. The average Bonchev–Trinajstić information content (AvgIpc) is 2.88. The summed E-state index contributed by atoms with van der Waals surface area (Å²) >= 11 is 0. The van der Waals surface area contributed by atoms with Gasteiger partial charge >= 0.3 is 5.97 Å². The summed E-state index contributed by atoms with van der Waals surface area (Å²) in [6.07, 6.45) is 3.32. The number of hydrogen-bond acceptors (Lipinski definition) is 4. The molecule has 0 radical (unpaired) electrons. The SMILES string of the molecule is CCCNC(c1ccc(C(=O)OC)o1)C(C)CCC. The minimum absolute atomic E-state index is 0.151. The van der Waals surface area contributed by atoms with E-state index in [0.717, 1.165) is 31.6 Å². The van der Waals surface area contributed by atoms with Gasteiger partial charge in [0.15, 0.2) is 0 Å². The second-order valence-corrected chi connectivity index (χ2v) is 4.89. The molecule has 19 heavy (non-hydrogen) atoms. The highest BCUT2D eigenvalue weighted by molar-refractivity contribution is 5.86. The second-order valence-electron chi connectivity index (χ2n) is 4.89. The first-order chi connectivity index (χ1) is 9.13. The fourth-order valence-corrected chi connectivity index (χ4v) is 2.23. The number of rotatable bonds is 8. The maximum atomic E-state index is 11.4. The average molecular weight is 267 g/mol. The van der Waals surface area contributed by atoms with E-state index in [4.69, 9.17) is 4.42 Å². The van der Waals surface area contributed by atoms with Gasteiger partial charge in [-0.25, -0.2) is 4.79 Å². The fraction of sp³-hybridized carbons (Fsp3) is 0.667. The molecule has 0 fully saturated rings. The summed E-state index contributed by atoms with van der Waals surface area (Å²) in [5.74, 6) is 1.12. The van der Waals surface area contributed by atoms with E-state index in [2.05, 4.69) is 30.8 Å². The fourth-order valence-electron chi connectivity index (χ4n) is 2.23. The molecule has 0 aromatic carbocycles. The Labute approximate surface area is 115 Å². The van der Waals surface area contributed by atoms with Crippen LogP contribution in [0, 0.1) is 5.92 Å². The summed E-state index contributed by atoms with van der Waals surface area (Å²) in [7, 11) is 1.36. The van der Waals surface area contributed by atoms with E-state index in [1.807, 2.05) is 6.07 Å². The largest absolute Gasteiger partial charge is 0.463 e. The zero-order valence-corrected chi connectivity index (χ0v) is 12.4. The summed E-state index contributed by atoms with van der Waals surface area (Å²) in [5.41, 5.74) is 0. The van der Waals surface area contributed by atoms with Gasteiger partial charge in [-0.3, -0.25) is 0 Å². The molecule has 0 aliphatic heterocycles. The summed E-state index contributed by atoms with van der Waals surface area (Å²) in [4.78, 5) is 11.4. The molecule has 0 aliphatic rings. The minimum atomic E-state index is -0.427. The molecule has 0 saturated heterocycles. The molecule has 2 unspecified atom stereocenters. The summed E-state index contributed by atoms with van der Waals surface area (Å²) < 4.78 is 10.3. The van der Waals surface area contributed by atoms with Crippen molar-refractivity contribution in [3.8, 4) is 0 Å². The second kappa shape index (κ2) is 8.00. The molecular weight excluding hydrogens is 242 g/mol. The molecule has 4 heteroatoms. The molecule has 0 amide bonds. The third kappa shape index (κ3) is 4.39. The monoisotopic (exact) mass is 267 g/mol. The van der Waals surface area contributed by atoms with Crippen molar-refractivity contribution in [3.05, 3.63) is 23.7 Å². The number of methoxy groups -OCH3 is 1. The molecule has 2 atom stereocenters. The van der Waals surface area contributed by atoms with Crippen molar-refractivity contribution in [2.24, 2.45) is 5.92 Å². The Balaban J connectivity index is 2.84. The van der Waals surface area contributed by atoms with E-state index >= 15 is 0 Å². The number of nitrogens with one attached hydrogen (secondary N) is 1. The van der Waals surface area contributed by atoms with Crippen molar-refractivity contribution < 1.29 is 13.9 Å². The van der Waals surface area contributed by atoms with E-state index in [0.29, 0.717) is 5.92 Å². The van der Waals surface area contributed by atoms with Crippen LogP contribution in [0.4, 0.5) is 0 Å². The van der Waals surface area contributed by atoms with Gasteiger partial charge in [-0.05, 0) is 37.4 Å². The van der Waals surface area contributed by atoms with Crippen molar-refractivity contribution in [2.45, 2.75) is 46.1 Å². The lowest BCUT2D eigenvalue weighted by Gasteiger charge is -2.23. The molecule has 0 aliphatic carbocycles. The normalized spacial score (nSPS) is 14.1. The molecule has 0 bridgehead atoms. The van der Waals surface area contributed by atoms with Crippen molar-refractivity contribution in [1.82, 2.24) is 5.32 Å². The van der Waals surface area contributed by atoms with Crippen LogP contribution in [0.2, 0.25) is 0 Å². The summed E-state index contributed by atoms with van der Waals surface area (Å²) in [6, 6.07) is 3.70. The van der Waals surface area contributed by atoms with Crippen molar-refractivity contribution >= 4 is 5.97 Å². The maximum absolute atomic E-state index is 11.4. The standard InChI is InChI=1S/C15H25NO3/c1-5-7-11(3)14(16-10-6-2)12-8-9-13(19-12)15(17)18-4/h8-9,11,14,16H,5-7,10H2,1-4H3. The highest BCUT2D eigenvalue weighted by Gasteiger charge is 2.22. The predicted octanol–water partition coefficient (Wildman–Crippen LogP) is 3.54. The van der Waals surface area contributed by atoms with Crippen molar-refractivity contribution in [3.63, 3.8) is 0 Å². The van der Waals surface area contributed by atoms with Crippen LogP contribution in [-0.4, -0.2) is 19.6 Å². The third-order valence-electron chi connectivity index (χ3n) is 3.25. The number of esters is 1. The molecule has 0 saturated carbocycles. The number of furan rings is 1. The molecule has 1 rings (SSSR count). The first-order valence-corrected chi connectivity index (χ1v) is 7.05. The Morgan fingerprint density at radius 3 is 2.68 bits per heavy atom. The summed E-state index contributed by atoms with van der Waals surface area (Å²) in [5, 5.41) is 3.49. The van der Waals surface area contributed by atoms with Crippen LogP contribution < -0.4 is 5.32 Å². The van der Waals surface area contributed by atoms with Gasteiger partial charge in [-0.15, -0.1) is 0 Å². The Hall–Kier alpha value is -1.29. The van der Waals surface area contributed by atoms with Gasteiger partial charge in [0.25, 0.3) is 0 Å². The number of ether oxygens (including phenoxy) is 1. The van der Waals surface area contributed by atoms with Crippen LogP contribution >= 0.6 is 0 Å². The van der Waals surface area contributed by atoms with Gasteiger partial charge in [0, 0.05) is 0 Å². The van der Waals surface area contributed by atoms with Gasteiger partial charge < -0.3 is 14.5 Å². The molecule has 1 aromatic rings. The quantitative estimate of drug-likeness (QED) is 0.732. The van der Waals surface area contributed by atoms with Gasteiger partial charge in [0.2, 0.25) is 5.76 Å². The molecular formula is C15H25NO3. The molecule has 1 aromatic heterocycles. The van der Waals surface area contributed by atoms with E-state index in [-0.39, 0.29) is 11.8 Å². The van der Waals surface area contributed by atoms with Gasteiger partial charge in [0.05, 0.1) is 13.2 Å². The van der Waals surface area contributed by atoms with Crippen LogP contribution in [0.5, 0.6) is 0 Å². The Morgan fingerprint density at radius 2 is 2.11 bits per heavy atom. The number of carbonyl (C=O) groups is 1. The summed E-state index contributed by atoms with van der Waals surface area (Å²) in [6.45, 7) is 7.45. The Bertz CT molecular complexity index is 386. The molecule has 108 valence electrons. The lowest BCUT2D eigenvalue weighted by atomic mass is 9.95. The highest BCUT2D eigenvalue weighted by Crippen LogP contribution is 2.27. The van der Waals surface area contributed by atoms with Crippen molar-refractivity contribution in [2.75, 3.05) is 13.7 Å². The van der Waals surface area contributed by atoms with E-state index in [1.54, 1.807) is 6.07 Å². The first-order valence-electron chi connectivity index (χ1n) is 7.05. The maximum Gasteiger partial charge on any atom is 0.373 e. The number of carbonyl (C=O) groups excluding carboxylic acids is 1. The van der Waals surface area contributed by atoms with Crippen LogP contribution in [0.25, 0.3) is 0 Å². The van der Waals surface area contributed by atoms with E-state index in [9.17, 15) is 4.79 Å². The van der Waals surface area contributed by atoms with Crippen molar-refractivity contribution in [1.29, 1.82) is 0 Å².